The smallest absolute Gasteiger partial charge is 0.326 e. The Morgan fingerprint density at radius 2 is 1.82 bits per heavy atom. The molecule has 200 valence electrons. The zero-order chi connectivity index (χ0) is 27.4. The lowest BCUT2D eigenvalue weighted by atomic mass is 10.0. The topological polar surface area (TPSA) is 90.0 Å². The number of halogens is 3. The van der Waals surface area contributed by atoms with Gasteiger partial charge >= 0.3 is 6.18 Å². The largest absolute Gasteiger partial charge is 0.416 e. The number of hydrogen-bond donors (Lipinski definition) is 2. The molecule has 4 heterocycles. The first-order valence-corrected chi connectivity index (χ1v) is 12.4. The summed E-state index contributed by atoms with van der Waals surface area (Å²) in [5, 5.41) is 10.1. The molecule has 0 aliphatic carbocycles. The number of alkyl halides is 3. The van der Waals surface area contributed by atoms with E-state index in [1.165, 1.54) is 12.1 Å². The molecule has 8 nitrogen and oxygen atoms in total. The van der Waals surface area contributed by atoms with E-state index in [-0.39, 0.29) is 24.2 Å². The number of H-pyrrole nitrogens is 1. The van der Waals surface area contributed by atoms with E-state index in [4.69, 9.17) is 0 Å². The summed E-state index contributed by atoms with van der Waals surface area (Å²) in [7, 11) is 2.00. The SMILES string of the molecule is CN1CCN(Cc2ccc(NC(=O)Cc3cc(C#Cc4cnc5[nH]ncc5c4)ccn3)cc2C(F)(F)F)CC1. The number of fused-ring (bicyclic) bond motifs is 1. The number of piperazine rings is 1. The maximum atomic E-state index is 13.9. The molecule has 1 aliphatic heterocycles. The number of benzene rings is 1. The molecule has 3 aromatic heterocycles. The summed E-state index contributed by atoms with van der Waals surface area (Å²) in [6.45, 7) is 3.25. The number of likely N-dealkylation sites (N-methyl/N-ethyl adjacent to an activating group) is 1. The predicted molar refractivity (Wildman–Crippen MR) is 141 cm³/mol. The average Bonchev–Trinajstić information content (AvgIpc) is 3.37. The van der Waals surface area contributed by atoms with Gasteiger partial charge in [0.05, 0.1) is 23.9 Å². The summed E-state index contributed by atoms with van der Waals surface area (Å²) < 4.78 is 41.6. The molecule has 1 aliphatic rings. The Kier molecular flexibility index (Phi) is 7.58. The summed E-state index contributed by atoms with van der Waals surface area (Å²) >= 11 is 0. The summed E-state index contributed by atoms with van der Waals surface area (Å²) in [6.07, 6.45) is 0.195. The molecule has 0 bridgehead atoms. The van der Waals surface area contributed by atoms with E-state index >= 15 is 0 Å². The Labute approximate surface area is 223 Å². The van der Waals surface area contributed by atoms with E-state index in [1.54, 1.807) is 30.7 Å². The van der Waals surface area contributed by atoms with Crippen molar-refractivity contribution in [2.24, 2.45) is 0 Å². The normalized spacial score (nSPS) is 14.7. The van der Waals surface area contributed by atoms with Crippen molar-refractivity contribution in [2.75, 3.05) is 38.5 Å². The highest BCUT2D eigenvalue weighted by Crippen LogP contribution is 2.34. The van der Waals surface area contributed by atoms with Gasteiger partial charge in [0.15, 0.2) is 5.65 Å². The number of hydrogen-bond acceptors (Lipinski definition) is 6. The highest BCUT2D eigenvalue weighted by molar-refractivity contribution is 5.92. The Morgan fingerprint density at radius 1 is 1.03 bits per heavy atom. The van der Waals surface area contributed by atoms with E-state index < -0.39 is 17.6 Å². The fourth-order valence-corrected chi connectivity index (χ4v) is 4.37. The van der Waals surface area contributed by atoms with Crippen molar-refractivity contribution in [3.8, 4) is 11.8 Å². The van der Waals surface area contributed by atoms with Gasteiger partial charge < -0.3 is 10.2 Å². The number of aromatic amines is 1. The number of carbonyl (C=O) groups excluding carboxylic acids is 1. The van der Waals surface area contributed by atoms with E-state index in [0.717, 1.165) is 24.5 Å². The molecule has 1 aromatic carbocycles. The second-order valence-corrected chi connectivity index (χ2v) is 9.49. The molecule has 1 fully saturated rings. The van der Waals surface area contributed by atoms with Crippen LogP contribution in [0.15, 0.2) is 55.0 Å². The van der Waals surface area contributed by atoms with Gasteiger partial charge in [0, 0.05) is 67.3 Å². The van der Waals surface area contributed by atoms with E-state index in [9.17, 15) is 18.0 Å². The van der Waals surface area contributed by atoms with E-state index in [0.29, 0.717) is 35.6 Å². The van der Waals surface area contributed by atoms with Gasteiger partial charge in [-0.3, -0.25) is 19.8 Å². The van der Waals surface area contributed by atoms with Gasteiger partial charge in [-0.15, -0.1) is 0 Å². The minimum Gasteiger partial charge on any atom is -0.326 e. The van der Waals surface area contributed by atoms with Crippen LogP contribution in [-0.2, 0) is 23.9 Å². The molecule has 5 rings (SSSR count). The Hall–Kier alpha value is -4.27. The van der Waals surface area contributed by atoms with Crippen molar-refractivity contribution in [3.05, 3.63) is 82.9 Å². The molecule has 0 unspecified atom stereocenters. The average molecular weight is 534 g/mol. The summed E-state index contributed by atoms with van der Waals surface area (Å²) in [5.74, 6) is 5.58. The lowest BCUT2D eigenvalue weighted by Crippen LogP contribution is -2.44. The van der Waals surface area contributed by atoms with Gasteiger partial charge in [0.1, 0.15) is 0 Å². The first kappa shape index (κ1) is 26.3. The van der Waals surface area contributed by atoms with Crippen molar-refractivity contribution in [1.82, 2.24) is 30.0 Å². The number of anilines is 1. The monoisotopic (exact) mass is 533 g/mol. The maximum Gasteiger partial charge on any atom is 0.416 e. The van der Waals surface area contributed by atoms with Gasteiger partial charge in [0.25, 0.3) is 0 Å². The van der Waals surface area contributed by atoms with Crippen molar-refractivity contribution in [2.45, 2.75) is 19.1 Å². The lowest BCUT2D eigenvalue weighted by Gasteiger charge is -2.33. The number of pyridine rings is 2. The van der Waals surface area contributed by atoms with Crippen molar-refractivity contribution in [3.63, 3.8) is 0 Å². The van der Waals surface area contributed by atoms with Crippen LogP contribution in [0.25, 0.3) is 11.0 Å². The molecule has 1 amide bonds. The predicted octanol–water partition coefficient (Wildman–Crippen LogP) is 3.70. The van der Waals surface area contributed by atoms with E-state index in [2.05, 4.69) is 42.2 Å². The number of aromatic nitrogens is 4. The summed E-state index contributed by atoms with van der Waals surface area (Å²) in [4.78, 5) is 25.3. The highest BCUT2D eigenvalue weighted by atomic mass is 19.4. The quantitative estimate of drug-likeness (QED) is 0.381. The third kappa shape index (κ3) is 6.79. The Bertz CT molecular complexity index is 1550. The number of nitrogens with one attached hydrogen (secondary N) is 2. The highest BCUT2D eigenvalue weighted by Gasteiger charge is 2.34. The number of amides is 1. The van der Waals surface area contributed by atoms with Crippen LogP contribution in [0.4, 0.5) is 18.9 Å². The number of nitrogens with zero attached hydrogens (tertiary/aromatic N) is 5. The molecule has 2 N–H and O–H groups in total. The van der Waals surface area contributed by atoms with Crippen LogP contribution in [0, 0.1) is 11.8 Å². The molecular formula is C28H26F3N7O. The molecular weight excluding hydrogens is 507 g/mol. The minimum atomic E-state index is -4.53. The fourth-order valence-electron chi connectivity index (χ4n) is 4.37. The van der Waals surface area contributed by atoms with Crippen LogP contribution >= 0.6 is 0 Å². The standard InChI is InChI=1S/C28H26F3N7O/c1-37-8-10-38(11-9-37)18-21-4-5-23(14-25(21)28(29,30)31)35-26(39)15-24-13-19(6-7-32-24)2-3-20-12-22-17-34-36-27(22)33-16-20/h4-7,12-14,16-17H,8-11,15,18H2,1H3,(H,35,39)(H,33,34,36). The lowest BCUT2D eigenvalue weighted by molar-refractivity contribution is -0.138. The van der Waals surface area contributed by atoms with Gasteiger partial charge in [-0.1, -0.05) is 17.9 Å². The molecule has 11 heteroatoms. The number of carbonyl (C=O) groups is 1. The molecule has 0 atom stereocenters. The third-order valence-electron chi connectivity index (χ3n) is 6.49. The van der Waals surface area contributed by atoms with Crippen molar-refractivity contribution < 1.29 is 18.0 Å². The van der Waals surface area contributed by atoms with Crippen LogP contribution in [0.1, 0.15) is 27.9 Å². The van der Waals surface area contributed by atoms with Gasteiger partial charge in [-0.2, -0.15) is 18.3 Å². The summed E-state index contributed by atoms with van der Waals surface area (Å²) in [6, 6.07) is 9.22. The molecule has 4 aromatic rings. The molecule has 0 saturated carbocycles. The zero-order valence-electron chi connectivity index (χ0n) is 21.2. The van der Waals surface area contributed by atoms with Gasteiger partial charge in [-0.25, -0.2) is 4.98 Å². The second-order valence-electron chi connectivity index (χ2n) is 9.49. The first-order chi connectivity index (χ1) is 18.7. The molecule has 1 saturated heterocycles. The van der Waals surface area contributed by atoms with Gasteiger partial charge in [0.2, 0.25) is 5.91 Å². The Morgan fingerprint density at radius 3 is 2.62 bits per heavy atom. The zero-order valence-corrected chi connectivity index (χ0v) is 21.2. The Balaban J connectivity index is 1.25. The van der Waals surface area contributed by atoms with Crippen LogP contribution in [-0.4, -0.2) is 69.1 Å². The minimum absolute atomic E-state index is 0.0903. The van der Waals surface area contributed by atoms with Crippen LogP contribution < -0.4 is 5.32 Å². The number of rotatable bonds is 5. The molecule has 39 heavy (non-hydrogen) atoms. The van der Waals surface area contributed by atoms with Crippen molar-refractivity contribution >= 4 is 22.6 Å². The third-order valence-corrected chi connectivity index (χ3v) is 6.49. The molecule has 0 spiro atoms. The first-order valence-electron chi connectivity index (χ1n) is 12.4. The van der Waals surface area contributed by atoms with Crippen LogP contribution in [0.2, 0.25) is 0 Å². The van der Waals surface area contributed by atoms with E-state index in [1.807, 2.05) is 18.0 Å². The van der Waals surface area contributed by atoms with Crippen LogP contribution in [0.5, 0.6) is 0 Å². The molecule has 0 radical (unpaired) electrons. The maximum absolute atomic E-state index is 13.9. The second kappa shape index (κ2) is 11.2. The van der Waals surface area contributed by atoms with Crippen molar-refractivity contribution in [1.29, 1.82) is 0 Å². The fraction of sp³-hybridized carbons (Fsp3) is 0.286. The summed E-state index contributed by atoms with van der Waals surface area (Å²) in [5.41, 5.74) is 2.02. The van der Waals surface area contributed by atoms with Gasteiger partial charge in [-0.05, 0) is 42.9 Å². The van der Waals surface area contributed by atoms with Crippen LogP contribution in [0.3, 0.4) is 0 Å².